The second-order valence-electron chi connectivity index (χ2n) is 6.91. The fourth-order valence-corrected chi connectivity index (χ4v) is 3.61. The lowest BCUT2D eigenvalue weighted by Crippen LogP contribution is -2.39. The van der Waals surface area contributed by atoms with Gasteiger partial charge in [0.1, 0.15) is 0 Å². The van der Waals surface area contributed by atoms with Gasteiger partial charge in [-0.2, -0.15) is 0 Å². The molecular weight excluding hydrogens is 346 g/mol. The second kappa shape index (κ2) is 8.45. The molecule has 1 N–H and O–H groups in total. The van der Waals surface area contributed by atoms with E-state index in [4.69, 9.17) is 0 Å². The van der Waals surface area contributed by atoms with Crippen molar-refractivity contribution in [1.82, 2.24) is 9.88 Å². The zero-order valence-electron chi connectivity index (χ0n) is 15.3. The maximum Gasteiger partial charge on any atom is 0.245 e. The quantitative estimate of drug-likeness (QED) is 0.772. The smallest absolute Gasteiger partial charge is 0.245 e. The number of nitrogens with zero attached hydrogens (tertiary/aromatic N) is 2. The number of carbonyl (C=O) groups excluding carboxylic acids is 2. The number of carbonyl (C=O) groups is 2. The van der Waals surface area contributed by atoms with Crippen molar-refractivity contribution in [2.45, 2.75) is 39.5 Å². The summed E-state index contributed by atoms with van der Waals surface area (Å²) in [5.41, 5.74) is 2.07. The van der Waals surface area contributed by atoms with Gasteiger partial charge in [0.15, 0.2) is 5.13 Å². The molecule has 2 aromatic rings. The molecule has 0 radical (unpaired) electrons. The number of anilines is 1. The Labute approximate surface area is 158 Å². The van der Waals surface area contributed by atoms with Crippen LogP contribution in [0.2, 0.25) is 0 Å². The lowest BCUT2D eigenvalue weighted by molar-refractivity contribution is -0.134. The van der Waals surface area contributed by atoms with Crippen molar-refractivity contribution >= 4 is 28.3 Å². The summed E-state index contributed by atoms with van der Waals surface area (Å²) in [6.07, 6.45) is 3.43. The summed E-state index contributed by atoms with van der Waals surface area (Å²) in [4.78, 5) is 32.2. The van der Waals surface area contributed by atoms with E-state index in [2.05, 4.69) is 10.3 Å². The average Bonchev–Trinajstić information content (AvgIpc) is 3.38. The van der Waals surface area contributed by atoms with Crippen LogP contribution >= 0.6 is 11.3 Å². The van der Waals surface area contributed by atoms with Crippen LogP contribution in [-0.4, -0.2) is 34.8 Å². The highest BCUT2D eigenvalue weighted by Gasteiger charge is 2.28. The molecule has 1 aromatic carbocycles. The van der Waals surface area contributed by atoms with E-state index in [0.29, 0.717) is 30.4 Å². The SMILES string of the molecule is Cc1nc(NC(=O)CN(CC2CC2)C(=O)CCc2ccccc2)sc1C. The molecule has 0 aliphatic heterocycles. The molecule has 0 saturated heterocycles. The van der Waals surface area contributed by atoms with Gasteiger partial charge in [-0.25, -0.2) is 4.98 Å². The van der Waals surface area contributed by atoms with Gasteiger partial charge in [-0.1, -0.05) is 30.3 Å². The van der Waals surface area contributed by atoms with Crippen LogP contribution in [0.4, 0.5) is 5.13 Å². The van der Waals surface area contributed by atoms with Crippen molar-refractivity contribution in [2.24, 2.45) is 5.92 Å². The number of hydrogen-bond donors (Lipinski definition) is 1. The molecule has 0 bridgehead atoms. The standard InChI is InChI=1S/C20H25N3O2S/c1-14-15(2)26-20(21-14)22-18(24)13-23(12-17-8-9-17)19(25)11-10-16-6-4-3-5-7-16/h3-7,17H,8-13H2,1-2H3,(H,21,22,24). The normalized spacial score (nSPS) is 13.5. The Kier molecular flexibility index (Phi) is 6.04. The van der Waals surface area contributed by atoms with Crippen molar-refractivity contribution in [3.05, 3.63) is 46.5 Å². The fourth-order valence-electron chi connectivity index (χ4n) is 2.78. The lowest BCUT2D eigenvalue weighted by Gasteiger charge is -2.22. The molecule has 0 unspecified atom stereocenters. The van der Waals surface area contributed by atoms with E-state index in [0.717, 1.165) is 29.0 Å². The van der Waals surface area contributed by atoms with Crippen LogP contribution in [0.15, 0.2) is 30.3 Å². The molecule has 2 amide bonds. The van der Waals surface area contributed by atoms with E-state index >= 15 is 0 Å². The van der Waals surface area contributed by atoms with Crippen molar-refractivity contribution in [3.8, 4) is 0 Å². The maximum atomic E-state index is 12.7. The Morgan fingerprint density at radius 3 is 2.58 bits per heavy atom. The summed E-state index contributed by atoms with van der Waals surface area (Å²) < 4.78 is 0. The number of thiazole rings is 1. The number of aryl methyl sites for hydroxylation is 3. The molecule has 26 heavy (non-hydrogen) atoms. The minimum atomic E-state index is -0.174. The first-order chi connectivity index (χ1) is 12.5. The molecule has 6 heteroatoms. The summed E-state index contributed by atoms with van der Waals surface area (Å²) in [6.45, 7) is 4.68. The maximum absolute atomic E-state index is 12.7. The van der Waals surface area contributed by atoms with E-state index in [1.807, 2.05) is 44.2 Å². The Balaban J connectivity index is 1.55. The molecule has 1 saturated carbocycles. The lowest BCUT2D eigenvalue weighted by atomic mass is 10.1. The number of rotatable bonds is 8. The average molecular weight is 372 g/mol. The van der Waals surface area contributed by atoms with E-state index in [1.54, 1.807) is 4.90 Å². The molecule has 138 valence electrons. The first kappa shape index (κ1) is 18.6. The van der Waals surface area contributed by atoms with Gasteiger partial charge >= 0.3 is 0 Å². The number of nitrogens with one attached hydrogen (secondary N) is 1. The third-order valence-electron chi connectivity index (χ3n) is 4.61. The Morgan fingerprint density at radius 2 is 1.96 bits per heavy atom. The predicted octanol–water partition coefficient (Wildman–Crippen LogP) is 3.57. The highest BCUT2D eigenvalue weighted by Crippen LogP contribution is 2.30. The van der Waals surface area contributed by atoms with Gasteiger partial charge in [0.2, 0.25) is 11.8 Å². The zero-order chi connectivity index (χ0) is 18.5. The minimum Gasteiger partial charge on any atom is -0.333 e. The van der Waals surface area contributed by atoms with Crippen LogP contribution in [0, 0.1) is 19.8 Å². The molecule has 1 fully saturated rings. The number of benzene rings is 1. The van der Waals surface area contributed by atoms with E-state index in [9.17, 15) is 9.59 Å². The molecule has 1 heterocycles. The van der Waals surface area contributed by atoms with Gasteiger partial charge in [-0.05, 0) is 44.6 Å². The van der Waals surface area contributed by atoms with Gasteiger partial charge < -0.3 is 10.2 Å². The summed E-state index contributed by atoms with van der Waals surface area (Å²) in [7, 11) is 0. The molecule has 5 nitrogen and oxygen atoms in total. The van der Waals surface area contributed by atoms with Crippen molar-refractivity contribution in [2.75, 3.05) is 18.4 Å². The van der Waals surface area contributed by atoms with Crippen molar-refractivity contribution < 1.29 is 9.59 Å². The monoisotopic (exact) mass is 371 g/mol. The summed E-state index contributed by atoms with van der Waals surface area (Å²) in [6, 6.07) is 9.98. The molecule has 1 aliphatic carbocycles. The summed E-state index contributed by atoms with van der Waals surface area (Å²) in [5.74, 6) is 0.419. The van der Waals surface area contributed by atoms with Crippen molar-refractivity contribution in [1.29, 1.82) is 0 Å². The van der Waals surface area contributed by atoms with Crippen LogP contribution in [0.1, 0.15) is 35.4 Å². The van der Waals surface area contributed by atoms with E-state index in [-0.39, 0.29) is 18.4 Å². The molecular formula is C20H25N3O2S. The predicted molar refractivity (Wildman–Crippen MR) is 104 cm³/mol. The fraction of sp³-hybridized carbons (Fsp3) is 0.450. The molecule has 0 spiro atoms. The van der Waals surface area contributed by atoms with Crippen LogP contribution in [0.5, 0.6) is 0 Å². The Bertz CT molecular complexity index is 749. The zero-order valence-corrected chi connectivity index (χ0v) is 16.1. The van der Waals surface area contributed by atoms with Crippen molar-refractivity contribution in [3.63, 3.8) is 0 Å². The van der Waals surface area contributed by atoms with E-state index < -0.39 is 0 Å². The largest absolute Gasteiger partial charge is 0.333 e. The second-order valence-corrected chi connectivity index (χ2v) is 8.12. The van der Waals surface area contributed by atoms with Crippen LogP contribution in [0.3, 0.4) is 0 Å². The minimum absolute atomic E-state index is 0.0439. The highest BCUT2D eigenvalue weighted by atomic mass is 32.1. The first-order valence-electron chi connectivity index (χ1n) is 9.07. The molecule has 0 atom stereocenters. The van der Waals surface area contributed by atoms with Gasteiger partial charge in [0, 0.05) is 17.8 Å². The van der Waals surface area contributed by atoms with Gasteiger partial charge in [0.25, 0.3) is 0 Å². The Morgan fingerprint density at radius 1 is 1.23 bits per heavy atom. The highest BCUT2D eigenvalue weighted by molar-refractivity contribution is 7.15. The number of amides is 2. The summed E-state index contributed by atoms with van der Waals surface area (Å²) in [5, 5.41) is 3.44. The van der Waals surface area contributed by atoms with Crippen LogP contribution in [-0.2, 0) is 16.0 Å². The molecule has 1 aromatic heterocycles. The Hall–Kier alpha value is -2.21. The van der Waals surface area contributed by atoms with Gasteiger partial charge in [-0.15, -0.1) is 11.3 Å². The third-order valence-corrected chi connectivity index (χ3v) is 5.60. The van der Waals surface area contributed by atoms with Gasteiger partial charge in [-0.3, -0.25) is 9.59 Å². The summed E-state index contributed by atoms with van der Waals surface area (Å²) >= 11 is 1.47. The third kappa shape index (κ3) is 5.39. The van der Waals surface area contributed by atoms with E-state index in [1.165, 1.54) is 11.3 Å². The van der Waals surface area contributed by atoms with Crippen LogP contribution in [0.25, 0.3) is 0 Å². The number of aromatic nitrogens is 1. The molecule has 1 aliphatic rings. The first-order valence-corrected chi connectivity index (χ1v) is 9.88. The van der Waals surface area contributed by atoms with Crippen LogP contribution < -0.4 is 5.32 Å². The van der Waals surface area contributed by atoms with Gasteiger partial charge in [0.05, 0.1) is 12.2 Å². The molecule has 3 rings (SSSR count). The topological polar surface area (TPSA) is 62.3 Å². The number of hydrogen-bond acceptors (Lipinski definition) is 4.